The Kier molecular flexibility index (Phi) is 5.57. The summed E-state index contributed by atoms with van der Waals surface area (Å²) in [4.78, 5) is 27.8. The number of urea groups is 1. The Morgan fingerprint density at radius 3 is 2.42 bits per heavy atom. The Balaban J connectivity index is 2.44. The van der Waals surface area contributed by atoms with Gasteiger partial charge in [0.05, 0.1) is 19.0 Å². The van der Waals surface area contributed by atoms with Crippen molar-refractivity contribution in [2.24, 2.45) is 0 Å². The zero-order valence-electron chi connectivity index (χ0n) is 11.4. The summed E-state index contributed by atoms with van der Waals surface area (Å²) >= 11 is 0. The van der Waals surface area contributed by atoms with E-state index in [1.54, 1.807) is 16.8 Å². The van der Waals surface area contributed by atoms with Crippen LogP contribution in [0.2, 0.25) is 0 Å². The maximum Gasteiger partial charge on any atom is 0.320 e. The fourth-order valence-corrected chi connectivity index (χ4v) is 1.97. The third kappa shape index (κ3) is 4.41. The second-order valence-electron chi connectivity index (χ2n) is 4.76. The second kappa shape index (κ2) is 6.95. The number of aliphatic carboxylic acids is 1. The van der Waals surface area contributed by atoms with Crippen molar-refractivity contribution in [1.82, 2.24) is 14.7 Å². The van der Waals surface area contributed by atoms with Gasteiger partial charge in [0, 0.05) is 39.3 Å². The first-order valence-corrected chi connectivity index (χ1v) is 6.28. The molecule has 19 heavy (non-hydrogen) atoms. The largest absolute Gasteiger partial charge is 0.480 e. The molecule has 1 fully saturated rings. The van der Waals surface area contributed by atoms with Crippen LogP contribution < -0.4 is 0 Å². The van der Waals surface area contributed by atoms with Crippen LogP contribution in [0.25, 0.3) is 0 Å². The van der Waals surface area contributed by atoms with Gasteiger partial charge in [0.1, 0.15) is 0 Å². The van der Waals surface area contributed by atoms with Gasteiger partial charge in [-0.2, -0.15) is 5.26 Å². The average molecular weight is 268 g/mol. The highest BCUT2D eigenvalue weighted by molar-refractivity contribution is 5.74. The number of nitrogens with zero attached hydrogens (tertiary/aromatic N) is 4. The van der Waals surface area contributed by atoms with Crippen LogP contribution in [0.5, 0.6) is 0 Å². The molecule has 0 radical (unpaired) electrons. The van der Waals surface area contributed by atoms with Crippen LogP contribution in [-0.4, -0.2) is 77.6 Å². The zero-order chi connectivity index (χ0) is 14.4. The lowest BCUT2D eigenvalue weighted by atomic mass is 10.2. The minimum atomic E-state index is -0.848. The molecule has 7 nitrogen and oxygen atoms in total. The molecule has 1 aliphatic heterocycles. The third-order valence-electron chi connectivity index (χ3n) is 3.35. The number of rotatable bonds is 4. The molecule has 7 heteroatoms. The highest BCUT2D eigenvalue weighted by atomic mass is 16.4. The molecule has 0 aromatic carbocycles. The van der Waals surface area contributed by atoms with Gasteiger partial charge in [-0.15, -0.1) is 0 Å². The first kappa shape index (κ1) is 15.2. The minimum Gasteiger partial charge on any atom is -0.480 e. The maximum atomic E-state index is 12.2. The van der Waals surface area contributed by atoms with E-state index in [2.05, 4.69) is 0 Å². The molecule has 1 N–H and O–H groups in total. The minimum absolute atomic E-state index is 0.0166. The maximum absolute atomic E-state index is 12.2. The number of carboxylic acid groups (broad SMARTS) is 1. The van der Waals surface area contributed by atoms with Gasteiger partial charge in [-0.05, 0) is 6.92 Å². The summed E-state index contributed by atoms with van der Waals surface area (Å²) in [6, 6.07) is 1.83. The first-order valence-electron chi connectivity index (χ1n) is 6.28. The smallest absolute Gasteiger partial charge is 0.320 e. The van der Waals surface area contributed by atoms with Crippen LogP contribution in [0.3, 0.4) is 0 Å². The summed E-state index contributed by atoms with van der Waals surface area (Å²) in [7, 11) is 1.69. The van der Waals surface area contributed by atoms with Crippen molar-refractivity contribution in [2.75, 3.05) is 39.8 Å². The number of hydrogen-bond donors (Lipinski definition) is 1. The molecule has 2 amide bonds. The molecule has 1 unspecified atom stereocenters. The first-order chi connectivity index (χ1) is 8.95. The summed E-state index contributed by atoms with van der Waals surface area (Å²) in [5.74, 6) is -0.848. The number of carbonyl (C=O) groups excluding carboxylic acids is 1. The summed E-state index contributed by atoms with van der Waals surface area (Å²) in [5.41, 5.74) is 0. The molecule has 0 bridgehead atoms. The van der Waals surface area contributed by atoms with Gasteiger partial charge >= 0.3 is 12.0 Å². The second-order valence-corrected chi connectivity index (χ2v) is 4.76. The number of nitriles is 1. The summed E-state index contributed by atoms with van der Waals surface area (Å²) < 4.78 is 0. The lowest BCUT2D eigenvalue weighted by Gasteiger charge is -2.37. The Bertz CT molecular complexity index is 372. The van der Waals surface area contributed by atoms with E-state index in [9.17, 15) is 9.59 Å². The Morgan fingerprint density at radius 2 is 1.95 bits per heavy atom. The predicted octanol–water partition coefficient (Wildman–Crippen LogP) is 0.0426. The fraction of sp³-hybridized carbons (Fsp3) is 0.750. The molecular formula is C12H20N4O3. The van der Waals surface area contributed by atoms with E-state index < -0.39 is 5.97 Å². The van der Waals surface area contributed by atoms with Crippen molar-refractivity contribution in [1.29, 1.82) is 5.26 Å². The highest BCUT2D eigenvalue weighted by Gasteiger charge is 2.26. The standard InChI is InChI=1S/C12H20N4O3/c1-10(3-4-13)14(2)12(19)16-7-5-15(6-8-16)9-11(17)18/h10H,3,5-9H2,1-2H3,(H,17,18). The number of carbonyl (C=O) groups is 2. The normalized spacial score (nSPS) is 17.6. The van der Waals surface area contributed by atoms with Crippen LogP contribution in [0.1, 0.15) is 13.3 Å². The number of piperazine rings is 1. The highest BCUT2D eigenvalue weighted by Crippen LogP contribution is 2.08. The van der Waals surface area contributed by atoms with Gasteiger partial charge in [0.2, 0.25) is 0 Å². The average Bonchev–Trinajstić information content (AvgIpc) is 2.37. The van der Waals surface area contributed by atoms with Gasteiger partial charge in [-0.1, -0.05) is 0 Å². The summed E-state index contributed by atoms with van der Waals surface area (Å²) in [5, 5.41) is 17.3. The van der Waals surface area contributed by atoms with Crippen molar-refractivity contribution in [3.8, 4) is 6.07 Å². The SMILES string of the molecule is CC(CC#N)N(C)C(=O)N1CCN(CC(=O)O)CC1. The predicted molar refractivity (Wildman–Crippen MR) is 68.5 cm³/mol. The molecule has 1 atom stereocenters. The number of carboxylic acids is 1. The monoisotopic (exact) mass is 268 g/mol. The Morgan fingerprint density at radius 1 is 1.37 bits per heavy atom. The van der Waals surface area contributed by atoms with Crippen LogP contribution >= 0.6 is 0 Å². The van der Waals surface area contributed by atoms with Gasteiger partial charge < -0.3 is 14.9 Å². The molecule has 0 spiro atoms. The molecule has 106 valence electrons. The van der Waals surface area contributed by atoms with E-state index in [4.69, 9.17) is 10.4 Å². The lowest BCUT2D eigenvalue weighted by Crippen LogP contribution is -2.54. The number of hydrogen-bond acceptors (Lipinski definition) is 4. The van der Waals surface area contributed by atoms with Crippen LogP contribution in [0, 0.1) is 11.3 Å². The van der Waals surface area contributed by atoms with Crippen LogP contribution in [-0.2, 0) is 4.79 Å². The van der Waals surface area contributed by atoms with E-state index in [0.29, 0.717) is 32.6 Å². The van der Waals surface area contributed by atoms with Crippen LogP contribution in [0.4, 0.5) is 4.79 Å². The third-order valence-corrected chi connectivity index (χ3v) is 3.35. The van der Waals surface area contributed by atoms with Gasteiger partial charge in [-0.25, -0.2) is 4.79 Å². The Labute approximate surface area is 113 Å². The lowest BCUT2D eigenvalue weighted by molar-refractivity contribution is -0.138. The van der Waals surface area contributed by atoms with E-state index in [-0.39, 0.29) is 18.6 Å². The van der Waals surface area contributed by atoms with Crippen molar-refractivity contribution in [3.63, 3.8) is 0 Å². The molecule has 0 aromatic heterocycles. The molecular weight excluding hydrogens is 248 g/mol. The van der Waals surface area contributed by atoms with E-state index >= 15 is 0 Å². The molecule has 1 rings (SSSR count). The molecule has 0 aliphatic carbocycles. The van der Waals surface area contributed by atoms with Crippen LogP contribution in [0.15, 0.2) is 0 Å². The molecule has 1 heterocycles. The van der Waals surface area contributed by atoms with E-state index in [1.165, 1.54) is 0 Å². The molecule has 1 saturated heterocycles. The van der Waals surface area contributed by atoms with Gasteiger partial charge in [0.25, 0.3) is 0 Å². The molecule has 0 saturated carbocycles. The Hall–Kier alpha value is -1.81. The van der Waals surface area contributed by atoms with Crippen molar-refractivity contribution in [3.05, 3.63) is 0 Å². The topological polar surface area (TPSA) is 87.9 Å². The van der Waals surface area contributed by atoms with E-state index in [0.717, 1.165) is 0 Å². The molecule has 0 aromatic rings. The van der Waals surface area contributed by atoms with Gasteiger partial charge in [-0.3, -0.25) is 9.69 Å². The summed E-state index contributed by atoms with van der Waals surface area (Å²) in [6.07, 6.45) is 0.307. The zero-order valence-corrected chi connectivity index (χ0v) is 11.4. The fourth-order valence-electron chi connectivity index (χ4n) is 1.97. The van der Waals surface area contributed by atoms with Gasteiger partial charge in [0.15, 0.2) is 0 Å². The molecule has 1 aliphatic rings. The van der Waals surface area contributed by atoms with E-state index in [1.807, 2.05) is 17.9 Å². The van der Waals surface area contributed by atoms with Crippen molar-refractivity contribution < 1.29 is 14.7 Å². The summed E-state index contributed by atoms with van der Waals surface area (Å²) in [6.45, 7) is 4.03. The van der Waals surface area contributed by atoms with Crippen molar-refractivity contribution >= 4 is 12.0 Å². The van der Waals surface area contributed by atoms with Crippen molar-refractivity contribution in [2.45, 2.75) is 19.4 Å². The quantitative estimate of drug-likeness (QED) is 0.778. The number of amides is 2.